The topological polar surface area (TPSA) is 96.0 Å². The van der Waals surface area contributed by atoms with Crippen LogP contribution in [0.25, 0.3) is 0 Å². The highest BCUT2D eigenvalue weighted by Crippen LogP contribution is 2.18. The molecule has 0 bridgehead atoms. The molecule has 0 saturated carbocycles. The Labute approximate surface area is 94.9 Å². The average Bonchev–Trinajstić information content (AvgIpc) is 2.03. The number of hydrogen-bond acceptors (Lipinski definition) is 7. The first-order valence-corrected chi connectivity index (χ1v) is 8.15. The van der Waals surface area contributed by atoms with Gasteiger partial charge in [-0.25, -0.2) is 0 Å². The second kappa shape index (κ2) is 4.96. The van der Waals surface area contributed by atoms with E-state index in [4.69, 9.17) is 13.1 Å². The fourth-order valence-electron chi connectivity index (χ4n) is 1.34. The average molecular weight is 274 g/mol. The van der Waals surface area contributed by atoms with Crippen LogP contribution in [-0.4, -0.2) is 54.8 Å². The van der Waals surface area contributed by atoms with Gasteiger partial charge in [0.25, 0.3) is 20.2 Å². The van der Waals surface area contributed by atoms with Crippen molar-refractivity contribution in [2.24, 2.45) is 0 Å². The van der Waals surface area contributed by atoms with Crippen molar-refractivity contribution >= 4 is 20.2 Å². The van der Waals surface area contributed by atoms with E-state index in [1.165, 1.54) is 0 Å². The maximum atomic E-state index is 10.9. The Morgan fingerprint density at radius 3 is 2.00 bits per heavy atom. The summed E-state index contributed by atoms with van der Waals surface area (Å²) < 4.78 is 58.2. The molecular formula is C7H14O7S2. The molecular weight excluding hydrogens is 260 g/mol. The molecule has 1 rings (SSSR count). The molecule has 7 nitrogen and oxygen atoms in total. The zero-order valence-corrected chi connectivity index (χ0v) is 10.6. The van der Waals surface area contributed by atoms with Gasteiger partial charge in [0.1, 0.15) is 12.2 Å². The summed E-state index contributed by atoms with van der Waals surface area (Å²) >= 11 is 0. The van der Waals surface area contributed by atoms with Crippen LogP contribution in [-0.2, 0) is 33.3 Å². The molecule has 0 amide bonds. The van der Waals surface area contributed by atoms with Crippen LogP contribution in [0.15, 0.2) is 0 Å². The van der Waals surface area contributed by atoms with Crippen LogP contribution in [0.2, 0.25) is 0 Å². The summed E-state index contributed by atoms with van der Waals surface area (Å²) in [6.45, 7) is 0.303. The molecule has 2 atom stereocenters. The Hall–Kier alpha value is -0.220. The molecule has 0 radical (unpaired) electrons. The first-order valence-electron chi connectivity index (χ1n) is 4.52. The van der Waals surface area contributed by atoms with E-state index in [1.807, 2.05) is 0 Å². The molecule has 96 valence electrons. The summed E-state index contributed by atoms with van der Waals surface area (Å²) in [6, 6.07) is 0. The highest BCUT2D eigenvalue weighted by Gasteiger charge is 2.32. The molecule has 1 saturated heterocycles. The smallest absolute Gasteiger partial charge is 0.264 e. The van der Waals surface area contributed by atoms with Crippen LogP contribution in [0.3, 0.4) is 0 Å². The summed E-state index contributed by atoms with van der Waals surface area (Å²) in [7, 11) is -7.31. The number of ether oxygens (including phenoxy) is 1. The minimum absolute atomic E-state index is 0.00669. The van der Waals surface area contributed by atoms with Gasteiger partial charge in [-0.3, -0.25) is 8.37 Å². The van der Waals surface area contributed by atoms with Crippen molar-refractivity contribution < 1.29 is 29.9 Å². The molecule has 1 aliphatic heterocycles. The molecule has 9 heteroatoms. The van der Waals surface area contributed by atoms with Gasteiger partial charge in [0, 0.05) is 13.0 Å². The van der Waals surface area contributed by atoms with Gasteiger partial charge in [0.2, 0.25) is 0 Å². The predicted octanol–water partition coefficient (Wildman–Crippen LogP) is -0.904. The summed E-state index contributed by atoms with van der Waals surface area (Å²) in [4.78, 5) is 0. The maximum Gasteiger partial charge on any atom is 0.264 e. The van der Waals surface area contributed by atoms with Crippen molar-refractivity contribution in [3.8, 4) is 0 Å². The largest absolute Gasteiger partial charge is 0.378 e. The van der Waals surface area contributed by atoms with Crippen LogP contribution >= 0.6 is 0 Å². The van der Waals surface area contributed by atoms with Crippen LogP contribution in [0, 0.1) is 0 Å². The van der Waals surface area contributed by atoms with Gasteiger partial charge in [0.15, 0.2) is 0 Å². The van der Waals surface area contributed by atoms with E-state index in [9.17, 15) is 16.8 Å². The second-order valence-corrected chi connectivity index (χ2v) is 6.74. The molecule has 0 aliphatic carbocycles. The molecule has 0 N–H and O–H groups in total. The third-order valence-electron chi connectivity index (χ3n) is 1.84. The lowest BCUT2D eigenvalue weighted by Gasteiger charge is -2.29. The van der Waals surface area contributed by atoms with E-state index in [0.29, 0.717) is 6.61 Å². The zero-order valence-electron chi connectivity index (χ0n) is 8.95. The second-order valence-electron chi connectivity index (χ2n) is 3.54. The lowest BCUT2D eigenvalue weighted by atomic mass is 10.1. The van der Waals surface area contributed by atoms with Crippen molar-refractivity contribution in [2.45, 2.75) is 18.6 Å². The van der Waals surface area contributed by atoms with Crippen LogP contribution < -0.4 is 0 Å². The van der Waals surface area contributed by atoms with E-state index < -0.39 is 32.4 Å². The van der Waals surface area contributed by atoms with Crippen molar-refractivity contribution in [1.82, 2.24) is 0 Å². The van der Waals surface area contributed by atoms with E-state index in [0.717, 1.165) is 12.5 Å². The van der Waals surface area contributed by atoms with E-state index in [-0.39, 0.29) is 13.0 Å². The third-order valence-corrected chi connectivity index (χ3v) is 3.03. The molecule has 0 aromatic heterocycles. The van der Waals surface area contributed by atoms with Crippen molar-refractivity contribution in [1.29, 1.82) is 0 Å². The highest BCUT2D eigenvalue weighted by molar-refractivity contribution is 7.86. The number of hydrogen-bond donors (Lipinski definition) is 0. The van der Waals surface area contributed by atoms with Crippen molar-refractivity contribution in [2.75, 3.05) is 25.7 Å². The van der Waals surface area contributed by atoms with Crippen LogP contribution in [0.5, 0.6) is 0 Å². The van der Waals surface area contributed by atoms with Gasteiger partial charge in [-0.05, 0) is 0 Å². The standard InChI is InChI=1S/C7H14O7S2/c1-15(8,9)13-6-3-4-12-5-7(6)14-16(2,10)11/h6-7H,3-5H2,1-2H3/t6-,7-/m1/s1. The lowest BCUT2D eigenvalue weighted by Crippen LogP contribution is -2.42. The van der Waals surface area contributed by atoms with E-state index >= 15 is 0 Å². The molecule has 1 aliphatic rings. The van der Waals surface area contributed by atoms with Gasteiger partial charge in [0.05, 0.1) is 19.1 Å². The predicted molar refractivity (Wildman–Crippen MR) is 54.9 cm³/mol. The fourth-order valence-corrected chi connectivity index (χ4v) is 2.64. The SMILES string of the molecule is CS(=O)(=O)O[C@@H]1CCOC[C@H]1OS(C)(=O)=O. The first kappa shape index (κ1) is 13.8. The third kappa shape index (κ3) is 5.21. The highest BCUT2D eigenvalue weighted by atomic mass is 32.2. The Balaban J connectivity index is 2.72. The molecule has 0 aromatic carbocycles. The molecule has 0 unspecified atom stereocenters. The summed E-state index contributed by atoms with van der Waals surface area (Å²) in [5, 5.41) is 0. The molecule has 0 aromatic rings. The Kier molecular flexibility index (Phi) is 4.29. The molecule has 1 fully saturated rings. The maximum absolute atomic E-state index is 10.9. The fraction of sp³-hybridized carbons (Fsp3) is 1.00. The Morgan fingerprint density at radius 1 is 1.00 bits per heavy atom. The Morgan fingerprint density at radius 2 is 1.50 bits per heavy atom. The Bertz CT molecular complexity index is 382. The summed E-state index contributed by atoms with van der Waals surface area (Å²) in [6.07, 6.45) is 0.323. The van der Waals surface area contributed by atoms with Gasteiger partial charge in [-0.2, -0.15) is 16.8 Å². The lowest BCUT2D eigenvalue weighted by molar-refractivity contribution is -0.0581. The zero-order chi connectivity index (χ0) is 12.4. The minimum atomic E-state index is -3.67. The number of rotatable bonds is 4. The summed E-state index contributed by atoms with van der Waals surface area (Å²) in [5.74, 6) is 0. The van der Waals surface area contributed by atoms with Gasteiger partial charge in [-0.15, -0.1) is 0 Å². The van der Waals surface area contributed by atoms with Gasteiger partial charge >= 0.3 is 0 Å². The van der Waals surface area contributed by atoms with Crippen molar-refractivity contribution in [3.05, 3.63) is 0 Å². The van der Waals surface area contributed by atoms with Crippen LogP contribution in [0.1, 0.15) is 6.42 Å². The van der Waals surface area contributed by atoms with Gasteiger partial charge in [-0.1, -0.05) is 0 Å². The molecule has 0 spiro atoms. The van der Waals surface area contributed by atoms with E-state index in [1.54, 1.807) is 0 Å². The van der Waals surface area contributed by atoms with Gasteiger partial charge < -0.3 is 4.74 Å². The quantitative estimate of drug-likeness (QED) is 0.613. The normalized spacial score (nSPS) is 27.9. The first-order chi connectivity index (χ1) is 7.17. The van der Waals surface area contributed by atoms with Crippen LogP contribution in [0.4, 0.5) is 0 Å². The minimum Gasteiger partial charge on any atom is -0.378 e. The van der Waals surface area contributed by atoms with E-state index in [2.05, 4.69) is 0 Å². The monoisotopic (exact) mass is 274 g/mol. The van der Waals surface area contributed by atoms with Crippen molar-refractivity contribution in [3.63, 3.8) is 0 Å². The molecule has 1 heterocycles. The summed E-state index contributed by atoms with van der Waals surface area (Å²) in [5.41, 5.74) is 0. The molecule has 16 heavy (non-hydrogen) atoms.